The van der Waals surface area contributed by atoms with Gasteiger partial charge in [0.15, 0.2) is 6.04 Å². The number of rotatable bonds is 4. The molecule has 0 amide bonds. The maximum Gasteiger partial charge on any atom is 0.330 e. The lowest BCUT2D eigenvalue weighted by Crippen LogP contribution is -2.20. The van der Waals surface area contributed by atoms with Gasteiger partial charge in [-0.1, -0.05) is 17.7 Å². The van der Waals surface area contributed by atoms with Crippen LogP contribution in [0.1, 0.15) is 11.6 Å². The van der Waals surface area contributed by atoms with Crippen LogP contribution < -0.4 is 5.32 Å². The Kier molecular flexibility index (Phi) is 4.10. The summed E-state index contributed by atoms with van der Waals surface area (Å²) in [4.78, 5) is 11.3. The second-order valence-corrected chi connectivity index (χ2v) is 4.61. The molecule has 0 saturated carbocycles. The normalized spacial score (nSPS) is 11.9. The van der Waals surface area contributed by atoms with Crippen LogP contribution in [0.5, 0.6) is 5.75 Å². The number of phenolic OH excluding ortho intramolecular Hbond substituents is 1. The zero-order chi connectivity index (χ0) is 14.7. The van der Waals surface area contributed by atoms with Crippen LogP contribution in [0.4, 0.5) is 10.1 Å². The van der Waals surface area contributed by atoms with E-state index in [9.17, 15) is 19.4 Å². The van der Waals surface area contributed by atoms with Crippen LogP contribution in [0, 0.1) is 5.82 Å². The number of carboxylic acid groups (broad SMARTS) is 1. The zero-order valence-corrected chi connectivity index (χ0v) is 10.9. The second kappa shape index (κ2) is 5.79. The van der Waals surface area contributed by atoms with Gasteiger partial charge in [-0.3, -0.25) is 0 Å². The van der Waals surface area contributed by atoms with E-state index in [1.807, 2.05) is 0 Å². The van der Waals surface area contributed by atoms with Gasteiger partial charge in [-0.05, 0) is 35.9 Å². The van der Waals surface area contributed by atoms with Crippen molar-refractivity contribution in [1.29, 1.82) is 0 Å². The van der Waals surface area contributed by atoms with Crippen LogP contribution >= 0.6 is 11.6 Å². The first kappa shape index (κ1) is 14.1. The van der Waals surface area contributed by atoms with Gasteiger partial charge >= 0.3 is 5.97 Å². The number of hydrogen-bond donors (Lipinski definition) is 3. The zero-order valence-electron chi connectivity index (χ0n) is 10.2. The van der Waals surface area contributed by atoms with E-state index in [1.54, 1.807) is 24.3 Å². The van der Waals surface area contributed by atoms with Crippen LogP contribution in [0.3, 0.4) is 0 Å². The molecule has 1 unspecified atom stereocenters. The summed E-state index contributed by atoms with van der Waals surface area (Å²) in [5, 5.41) is 21.8. The molecule has 0 heterocycles. The Morgan fingerprint density at radius 2 is 2.00 bits per heavy atom. The summed E-state index contributed by atoms with van der Waals surface area (Å²) in [6.07, 6.45) is 0. The van der Waals surface area contributed by atoms with Gasteiger partial charge in [0.2, 0.25) is 0 Å². The van der Waals surface area contributed by atoms with Crippen molar-refractivity contribution in [2.75, 3.05) is 5.32 Å². The lowest BCUT2D eigenvalue weighted by atomic mass is 10.1. The number of carbonyl (C=O) groups is 1. The lowest BCUT2D eigenvalue weighted by Gasteiger charge is -2.16. The Bertz CT molecular complexity index is 628. The predicted octanol–water partition coefficient (Wildman–Crippen LogP) is 3.42. The van der Waals surface area contributed by atoms with E-state index >= 15 is 0 Å². The summed E-state index contributed by atoms with van der Waals surface area (Å²) < 4.78 is 13.3. The fourth-order valence-corrected chi connectivity index (χ4v) is 1.99. The van der Waals surface area contributed by atoms with Gasteiger partial charge in [0.25, 0.3) is 0 Å². The quantitative estimate of drug-likeness (QED) is 0.808. The number of aliphatic carboxylic acids is 1. The number of aromatic hydroxyl groups is 1. The Labute approximate surface area is 119 Å². The molecule has 2 aromatic rings. The standard InChI is InChI=1S/C14H11ClFNO3/c15-9-2-1-3-11(6-9)17-13(14(19)20)8-4-10(16)7-12(18)5-8/h1-7,13,17-18H,(H,19,20). The minimum atomic E-state index is -1.20. The summed E-state index contributed by atoms with van der Waals surface area (Å²) in [6, 6.07) is 8.45. The number of carboxylic acids is 1. The van der Waals surface area contributed by atoms with Crippen LogP contribution in [-0.2, 0) is 4.79 Å². The van der Waals surface area contributed by atoms with E-state index in [1.165, 1.54) is 6.07 Å². The Balaban J connectivity index is 2.34. The average molecular weight is 296 g/mol. The van der Waals surface area contributed by atoms with Gasteiger partial charge in [0.05, 0.1) is 0 Å². The maximum absolute atomic E-state index is 13.3. The predicted molar refractivity (Wildman–Crippen MR) is 73.5 cm³/mol. The molecule has 0 spiro atoms. The van der Waals surface area contributed by atoms with Crippen LogP contribution in [0.25, 0.3) is 0 Å². The van der Waals surface area contributed by atoms with Crippen LogP contribution in [-0.4, -0.2) is 16.2 Å². The molecule has 6 heteroatoms. The molecule has 1 atom stereocenters. The van der Waals surface area contributed by atoms with Gasteiger partial charge < -0.3 is 15.5 Å². The topological polar surface area (TPSA) is 69.6 Å². The summed E-state index contributed by atoms with van der Waals surface area (Å²) in [5.74, 6) is -2.24. The fourth-order valence-electron chi connectivity index (χ4n) is 1.80. The maximum atomic E-state index is 13.3. The summed E-state index contributed by atoms with van der Waals surface area (Å²) in [6.45, 7) is 0. The van der Waals surface area contributed by atoms with Crippen molar-refractivity contribution in [1.82, 2.24) is 0 Å². The Morgan fingerprint density at radius 3 is 2.60 bits per heavy atom. The lowest BCUT2D eigenvalue weighted by molar-refractivity contribution is -0.138. The van der Waals surface area contributed by atoms with Crippen molar-refractivity contribution in [3.05, 3.63) is 58.9 Å². The molecule has 0 saturated heterocycles. The van der Waals surface area contributed by atoms with E-state index < -0.39 is 17.8 Å². The van der Waals surface area contributed by atoms with Gasteiger partial charge in [0, 0.05) is 16.8 Å². The largest absolute Gasteiger partial charge is 0.508 e. The van der Waals surface area contributed by atoms with E-state index in [4.69, 9.17) is 11.6 Å². The van der Waals surface area contributed by atoms with E-state index in [-0.39, 0.29) is 11.3 Å². The van der Waals surface area contributed by atoms with E-state index in [0.29, 0.717) is 10.7 Å². The van der Waals surface area contributed by atoms with Crippen molar-refractivity contribution in [3.8, 4) is 5.75 Å². The highest BCUT2D eigenvalue weighted by Gasteiger charge is 2.21. The third-order valence-corrected chi connectivity index (χ3v) is 2.86. The smallest absolute Gasteiger partial charge is 0.330 e. The van der Waals surface area contributed by atoms with Gasteiger partial charge in [-0.2, -0.15) is 0 Å². The highest BCUT2D eigenvalue weighted by atomic mass is 35.5. The van der Waals surface area contributed by atoms with E-state index in [2.05, 4.69) is 5.32 Å². The molecule has 0 fully saturated rings. The molecular weight excluding hydrogens is 285 g/mol. The molecule has 4 nitrogen and oxygen atoms in total. The van der Waals surface area contributed by atoms with Crippen molar-refractivity contribution in [2.45, 2.75) is 6.04 Å². The minimum Gasteiger partial charge on any atom is -0.508 e. The Morgan fingerprint density at radius 1 is 1.25 bits per heavy atom. The third-order valence-electron chi connectivity index (χ3n) is 2.62. The van der Waals surface area contributed by atoms with Crippen LogP contribution in [0.2, 0.25) is 5.02 Å². The molecule has 0 radical (unpaired) electrons. The molecule has 0 aromatic heterocycles. The molecule has 0 aliphatic heterocycles. The number of nitrogens with one attached hydrogen (secondary N) is 1. The monoisotopic (exact) mass is 295 g/mol. The second-order valence-electron chi connectivity index (χ2n) is 4.17. The van der Waals surface area contributed by atoms with Gasteiger partial charge in [-0.25, -0.2) is 9.18 Å². The molecule has 20 heavy (non-hydrogen) atoms. The number of halogens is 2. The van der Waals surface area contributed by atoms with Crippen molar-refractivity contribution >= 4 is 23.3 Å². The average Bonchev–Trinajstić information content (AvgIpc) is 2.34. The number of hydrogen-bond acceptors (Lipinski definition) is 3. The third kappa shape index (κ3) is 3.39. The highest BCUT2D eigenvalue weighted by molar-refractivity contribution is 6.30. The summed E-state index contributed by atoms with van der Waals surface area (Å²) in [5.41, 5.74) is 0.587. The number of phenols is 1. The molecule has 0 bridgehead atoms. The highest BCUT2D eigenvalue weighted by Crippen LogP contribution is 2.25. The minimum absolute atomic E-state index is 0.106. The number of anilines is 1. The number of benzene rings is 2. The molecule has 104 valence electrons. The molecule has 3 N–H and O–H groups in total. The summed E-state index contributed by atoms with van der Waals surface area (Å²) >= 11 is 5.82. The molecule has 2 aromatic carbocycles. The van der Waals surface area contributed by atoms with Gasteiger partial charge in [0.1, 0.15) is 11.6 Å². The Hall–Kier alpha value is -2.27. The fraction of sp³-hybridized carbons (Fsp3) is 0.0714. The van der Waals surface area contributed by atoms with Crippen LogP contribution in [0.15, 0.2) is 42.5 Å². The SMILES string of the molecule is O=C(O)C(Nc1cccc(Cl)c1)c1cc(O)cc(F)c1. The molecule has 2 rings (SSSR count). The molecule has 0 aliphatic carbocycles. The molecular formula is C14H11ClFNO3. The molecule has 0 aliphatic rings. The van der Waals surface area contributed by atoms with Crippen molar-refractivity contribution < 1.29 is 19.4 Å². The first-order valence-corrected chi connectivity index (χ1v) is 6.08. The van der Waals surface area contributed by atoms with Gasteiger partial charge in [-0.15, -0.1) is 0 Å². The summed E-state index contributed by atoms with van der Waals surface area (Å²) in [7, 11) is 0. The van der Waals surface area contributed by atoms with E-state index in [0.717, 1.165) is 12.1 Å². The first-order valence-electron chi connectivity index (χ1n) is 5.70. The first-order chi connectivity index (χ1) is 9.45. The van der Waals surface area contributed by atoms with Crippen molar-refractivity contribution in [3.63, 3.8) is 0 Å². The van der Waals surface area contributed by atoms with Crippen molar-refractivity contribution in [2.24, 2.45) is 0 Å².